The predicted molar refractivity (Wildman–Crippen MR) is 84.5 cm³/mol. The van der Waals surface area contributed by atoms with E-state index in [1.807, 2.05) is 6.07 Å². The van der Waals surface area contributed by atoms with Gasteiger partial charge in [0.2, 0.25) is 0 Å². The van der Waals surface area contributed by atoms with Crippen LogP contribution in [0.2, 0.25) is 0 Å². The molecule has 0 unspecified atom stereocenters. The lowest BCUT2D eigenvalue weighted by atomic mass is 9.77. The molecule has 1 nitrogen and oxygen atoms in total. The first kappa shape index (κ1) is 14.0. The third-order valence-corrected chi connectivity index (χ3v) is 5.59. The van der Waals surface area contributed by atoms with Crippen LogP contribution in [0, 0.1) is 6.92 Å². The van der Waals surface area contributed by atoms with Gasteiger partial charge in [0.1, 0.15) is 5.75 Å². The van der Waals surface area contributed by atoms with Crippen molar-refractivity contribution in [2.45, 2.75) is 83.0 Å². The van der Waals surface area contributed by atoms with E-state index in [-0.39, 0.29) is 0 Å². The summed E-state index contributed by atoms with van der Waals surface area (Å²) in [7, 11) is 0. The van der Waals surface area contributed by atoms with Crippen molar-refractivity contribution in [3.8, 4) is 5.75 Å². The zero-order chi connectivity index (χ0) is 13.9. The van der Waals surface area contributed by atoms with Crippen molar-refractivity contribution < 1.29 is 5.11 Å². The number of hydrogen-bond acceptors (Lipinski definition) is 1. The average molecular weight is 272 g/mol. The van der Waals surface area contributed by atoms with Gasteiger partial charge in [0.05, 0.1) is 0 Å². The molecule has 1 N–H and O–H groups in total. The molecule has 0 amide bonds. The Bertz CT molecular complexity index is 451. The summed E-state index contributed by atoms with van der Waals surface area (Å²) in [6.45, 7) is 2.26. The standard InChI is InChI=1S/C19H28O/c1-14-17(15-8-4-2-5-9-15)12-13-18(20)19(14)16-10-6-3-7-11-16/h12-13,15-16,20H,2-11H2,1H3. The summed E-state index contributed by atoms with van der Waals surface area (Å²) in [5.74, 6) is 1.90. The Balaban J connectivity index is 1.92. The minimum absolute atomic E-state index is 0.550. The van der Waals surface area contributed by atoms with Crippen LogP contribution in [0.3, 0.4) is 0 Å². The first-order valence-corrected chi connectivity index (χ1v) is 8.59. The molecule has 1 aromatic rings. The number of rotatable bonds is 2. The van der Waals surface area contributed by atoms with Crippen molar-refractivity contribution >= 4 is 0 Å². The summed E-state index contributed by atoms with van der Waals surface area (Å²) < 4.78 is 0. The quantitative estimate of drug-likeness (QED) is 0.721. The van der Waals surface area contributed by atoms with E-state index in [1.165, 1.54) is 80.9 Å². The minimum Gasteiger partial charge on any atom is -0.508 e. The van der Waals surface area contributed by atoms with E-state index < -0.39 is 0 Å². The first-order valence-electron chi connectivity index (χ1n) is 8.59. The monoisotopic (exact) mass is 272 g/mol. The van der Waals surface area contributed by atoms with Crippen LogP contribution < -0.4 is 0 Å². The van der Waals surface area contributed by atoms with Gasteiger partial charge in [-0.2, -0.15) is 0 Å². The lowest BCUT2D eigenvalue weighted by Crippen LogP contribution is -2.11. The Labute approximate surface area is 123 Å². The Morgan fingerprint density at radius 3 is 1.95 bits per heavy atom. The largest absolute Gasteiger partial charge is 0.508 e. The Kier molecular flexibility index (Phi) is 4.33. The molecule has 0 spiro atoms. The van der Waals surface area contributed by atoms with Crippen LogP contribution in [0.15, 0.2) is 12.1 Å². The van der Waals surface area contributed by atoms with Crippen LogP contribution in [0.25, 0.3) is 0 Å². The number of aromatic hydroxyl groups is 1. The Morgan fingerprint density at radius 2 is 1.35 bits per heavy atom. The van der Waals surface area contributed by atoms with Gasteiger partial charge < -0.3 is 5.11 Å². The highest BCUT2D eigenvalue weighted by molar-refractivity contribution is 5.47. The second kappa shape index (κ2) is 6.20. The number of phenols is 1. The van der Waals surface area contributed by atoms with E-state index in [0.717, 1.165) is 5.92 Å². The fourth-order valence-corrected chi connectivity index (χ4v) is 4.49. The van der Waals surface area contributed by atoms with Gasteiger partial charge in [0.15, 0.2) is 0 Å². The van der Waals surface area contributed by atoms with Gasteiger partial charge in [-0.1, -0.05) is 44.6 Å². The molecule has 0 saturated heterocycles. The molecule has 2 aliphatic rings. The van der Waals surface area contributed by atoms with Crippen molar-refractivity contribution in [1.29, 1.82) is 0 Å². The molecule has 2 aliphatic carbocycles. The lowest BCUT2D eigenvalue weighted by molar-refractivity contribution is 0.408. The summed E-state index contributed by atoms with van der Waals surface area (Å²) in [6, 6.07) is 4.17. The van der Waals surface area contributed by atoms with Crippen LogP contribution in [-0.4, -0.2) is 5.11 Å². The fraction of sp³-hybridized carbons (Fsp3) is 0.684. The molecule has 1 heteroatoms. The molecule has 0 radical (unpaired) electrons. The average Bonchev–Trinajstić information content (AvgIpc) is 2.49. The molecule has 3 rings (SSSR count). The van der Waals surface area contributed by atoms with Gasteiger partial charge in [0.25, 0.3) is 0 Å². The Hall–Kier alpha value is -0.980. The first-order chi connectivity index (χ1) is 9.77. The van der Waals surface area contributed by atoms with Crippen molar-refractivity contribution in [2.24, 2.45) is 0 Å². The van der Waals surface area contributed by atoms with E-state index in [2.05, 4.69) is 13.0 Å². The van der Waals surface area contributed by atoms with E-state index in [1.54, 1.807) is 0 Å². The summed E-state index contributed by atoms with van der Waals surface area (Å²) >= 11 is 0. The maximum absolute atomic E-state index is 10.4. The number of phenolic OH excluding ortho intramolecular Hbond substituents is 1. The van der Waals surface area contributed by atoms with Gasteiger partial charge in [-0.15, -0.1) is 0 Å². The third kappa shape index (κ3) is 2.73. The van der Waals surface area contributed by atoms with Crippen molar-refractivity contribution in [3.63, 3.8) is 0 Å². The smallest absolute Gasteiger partial charge is 0.119 e. The molecule has 110 valence electrons. The van der Waals surface area contributed by atoms with Crippen LogP contribution in [-0.2, 0) is 0 Å². The number of benzene rings is 1. The molecule has 2 fully saturated rings. The molecule has 0 aliphatic heterocycles. The molecule has 0 heterocycles. The van der Waals surface area contributed by atoms with E-state index >= 15 is 0 Å². The van der Waals surface area contributed by atoms with Gasteiger partial charge >= 0.3 is 0 Å². The normalized spacial score (nSPS) is 22.1. The van der Waals surface area contributed by atoms with Crippen molar-refractivity contribution in [1.82, 2.24) is 0 Å². The van der Waals surface area contributed by atoms with Crippen molar-refractivity contribution in [2.75, 3.05) is 0 Å². The topological polar surface area (TPSA) is 20.2 Å². The maximum Gasteiger partial charge on any atom is 0.119 e. The summed E-state index contributed by atoms with van der Waals surface area (Å²) in [6.07, 6.45) is 13.4. The molecule has 2 saturated carbocycles. The highest BCUT2D eigenvalue weighted by atomic mass is 16.3. The zero-order valence-corrected chi connectivity index (χ0v) is 12.8. The molecule has 0 atom stereocenters. The number of hydrogen-bond donors (Lipinski definition) is 1. The SMILES string of the molecule is Cc1c(C2CCCCC2)ccc(O)c1C1CCCCC1. The highest BCUT2D eigenvalue weighted by Gasteiger charge is 2.24. The fourth-order valence-electron chi connectivity index (χ4n) is 4.49. The second-order valence-electron chi connectivity index (χ2n) is 6.88. The molecule has 1 aromatic carbocycles. The van der Waals surface area contributed by atoms with Gasteiger partial charge in [-0.3, -0.25) is 0 Å². The molecule has 20 heavy (non-hydrogen) atoms. The summed E-state index contributed by atoms with van der Waals surface area (Å²) in [4.78, 5) is 0. The third-order valence-electron chi connectivity index (χ3n) is 5.59. The maximum atomic E-state index is 10.4. The highest BCUT2D eigenvalue weighted by Crippen LogP contribution is 2.43. The minimum atomic E-state index is 0.550. The van der Waals surface area contributed by atoms with E-state index in [4.69, 9.17) is 0 Å². The summed E-state index contributed by atoms with van der Waals surface area (Å²) in [5.41, 5.74) is 4.22. The van der Waals surface area contributed by atoms with Crippen LogP contribution in [0.4, 0.5) is 0 Å². The van der Waals surface area contributed by atoms with E-state index in [9.17, 15) is 5.11 Å². The van der Waals surface area contributed by atoms with Crippen molar-refractivity contribution in [3.05, 3.63) is 28.8 Å². The van der Waals surface area contributed by atoms with Crippen LogP contribution >= 0.6 is 0 Å². The lowest BCUT2D eigenvalue weighted by Gasteiger charge is -2.29. The molecule has 0 bridgehead atoms. The predicted octanol–water partition coefficient (Wildman–Crippen LogP) is 5.80. The Morgan fingerprint density at radius 1 is 0.800 bits per heavy atom. The van der Waals surface area contributed by atoms with Crippen LogP contribution in [0.1, 0.15) is 92.7 Å². The molecule has 0 aromatic heterocycles. The summed E-state index contributed by atoms with van der Waals surface area (Å²) in [5, 5.41) is 10.4. The molecular weight excluding hydrogens is 244 g/mol. The van der Waals surface area contributed by atoms with E-state index in [0.29, 0.717) is 11.7 Å². The van der Waals surface area contributed by atoms with Gasteiger partial charge in [-0.05, 0) is 61.6 Å². The van der Waals surface area contributed by atoms with Gasteiger partial charge in [-0.25, -0.2) is 0 Å². The van der Waals surface area contributed by atoms with Crippen LogP contribution in [0.5, 0.6) is 5.75 Å². The molecular formula is C19H28O. The zero-order valence-electron chi connectivity index (χ0n) is 12.8. The second-order valence-corrected chi connectivity index (χ2v) is 6.88. The van der Waals surface area contributed by atoms with Gasteiger partial charge in [0, 0.05) is 5.56 Å².